The zero-order valence-electron chi connectivity index (χ0n) is 13.0. The van der Waals surface area contributed by atoms with Crippen molar-refractivity contribution in [3.05, 3.63) is 70.3 Å². The minimum atomic E-state index is -0.940. The number of carboxylic acid groups (broad SMARTS) is 1. The molecule has 0 heterocycles. The van der Waals surface area contributed by atoms with Crippen LogP contribution in [0.2, 0.25) is 0 Å². The van der Waals surface area contributed by atoms with Crippen LogP contribution in [-0.2, 0) is 17.6 Å². The van der Waals surface area contributed by atoms with Gasteiger partial charge in [-0.05, 0) is 54.2 Å². The topological polar surface area (TPSA) is 66.4 Å². The number of benzene rings is 2. The largest absolute Gasteiger partial charge is 0.478 e. The molecule has 4 heteroatoms. The summed E-state index contributed by atoms with van der Waals surface area (Å²) < 4.78 is 0. The maximum absolute atomic E-state index is 12.3. The van der Waals surface area contributed by atoms with Crippen molar-refractivity contribution in [2.45, 2.75) is 32.2 Å². The molecule has 0 aromatic heterocycles. The maximum atomic E-state index is 12.3. The monoisotopic (exact) mass is 309 g/mol. The lowest BCUT2D eigenvalue weighted by molar-refractivity contribution is -0.121. The van der Waals surface area contributed by atoms with Crippen molar-refractivity contribution in [2.75, 3.05) is 0 Å². The molecule has 118 valence electrons. The fraction of sp³-hybridized carbons (Fsp3) is 0.263. The van der Waals surface area contributed by atoms with E-state index in [2.05, 4.69) is 5.32 Å². The van der Waals surface area contributed by atoms with Gasteiger partial charge >= 0.3 is 5.97 Å². The first-order valence-electron chi connectivity index (χ1n) is 7.74. The number of amides is 1. The number of hydrogen-bond acceptors (Lipinski definition) is 2. The van der Waals surface area contributed by atoms with Gasteiger partial charge in [-0.3, -0.25) is 4.79 Å². The van der Waals surface area contributed by atoms with Crippen molar-refractivity contribution < 1.29 is 14.7 Å². The standard InChI is InChI=1S/C19H19NO3/c1-12-4-2-3-5-14(12)11-18(21)20-17-9-8-13-6-7-15(19(22)23)10-16(13)17/h2-7,10,17H,8-9,11H2,1H3,(H,20,21)(H,22,23)/t17-/m1/s1. The van der Waals surface area contributed by atoms with E-state index in [1.165, 1.54) is 0 Å². The van der Waals surface area contributed by atoms with Gasteiger partial charge in [0.2, 0.25) is 5.91 Å². The fourth-order valence-corrected chi connectivity index (χ4v) is 3.11. The molecule has 3 rings (SSSR count). The Hall–Kier alpha value is -2.62. The van der Waals surface area contributed by atoms with E-state index in [0.717, 1.165) is 35.1 Å². The van der Waals surface area contributed by atoms with E-state index in [1.54, 1.807) is 12.1 Å². The first-order chi connectivity index (χ1) is 11.0. The molecule has 1 aliphatic rings. The van der Waals surface area contributed by atoms with Crippen LogP contribution in [0.1, 0.15) is 45.1 Å². The van der Waals surface area contributed by atoms with Crippen molar-refractivity contribution in [1.29, 1.82) is 0 Å². The Morgan fingerprint density at radius 1 is 1.22 bits per heavy atom. The van der Waals surface area contributed by atoms with Crippen LogP contribution in [0.15, 0.2) is 42.5 Å². The van der Waals surface area contributed by atoms with E-state index < -0.39 is 5.97 Å². The number of carbonyl (C=O) groups is 2. The Morgan fingerprint density at radius 2 is 2.00 bits per heavy atom. The van der Waals surface area contributed by atoms with Gasteiger partial charge in [-0.2, -0.15) is 0 Å². The van der Waals surface area contributed by atoms with Crippen molar-refractivity contribution in [3.8, 4) is 0 Å². The Balaban J connectivity index is 1.73. The van der Waals surface area contributed by atoms with E-state index in [4.69, 9.17) is 5.11 Å². The number of carbonyl (C=O) groups excluding carboxylic acids is 1. The van der Waals surface area contributed by atoms with Crippen LogP contribution in [0.3, 0.4) is 0 Å². The minimum absolute atomic E-state index is 0.0297. The molecule has 23 heavy (non-hydrogen) atoms. The van der Waals surface area contributed by atoms with Gasteiger partial charge in [-0.1, -0.05) is 30.3 Å². The van der Waals surface area contributed by atoms with Crippen LogP contribution < -0.4 is 5.32 Å². The quantitative estimate of drug-likeness (QED) is 0.912. The van der Waals surface area contributed by atoms with Crippen LogP contribution in [0.5, 0.6) is 0 Å². The summed E-state index contributed by atoms with van der Waals surface area (Å²) in [7, 11) is 0. The van der Waals surface area contributed by atoms with E-state index in [9.17, 15) is 9.59 Å². The van der Waals surface area contributed by atoms with Crippen LogP contribution in [0.25, 0.3) is 0 Å². The molecule has 0 saturated heterocycles. The van der Waals surface area contributed by atoms with E-state index >= 15 is 0 Å². The lowest BCUT2D eigenvalue weighted by Gasteiger charge is -2.15. The number of carboxylic acids is 1. The second-order valence-corrected chi connectivity index (χ2v) is 5.98. The van der Waals surface area contributed by atoms with Gasteiger partial charge < -0.3 is 10.4 Å². The summed E-state index contributed by atoms with van der Waals surface area (Å²) in [4.78, 5) is 23.4. The Labute approximate surface area is 135 Å². The predicted molar refractivity (Wildman–Crippen MR) is 87.5 cm³/mol. The van der Waals surface area contributed by atoms with E-state index in [1.807, 2.05) is 37.3 Å². The molecule has 0 fully saturated rings. The molecule has 1 amide bonds. The van der Waals surface area contributed by atoms with Gasteiger partial charge in [0.25, 0.3) is 0 Å². The van der Waals surface area contributed by atoms with Crippen LogP contribution in [0, 0.1) is 6.92 Å². The van der Waals surface area contributed by atoms with Crippen LogP contribution in [0.4, 0.5) is 0 Å². The van der Waals surface area contributed by atoms with Gasteiger partial charge in [0.15, 0.2) is 0 Å². The lowest BCUT2D eigenvalue weighted by Crippen LogP contribution is -2.28. The van der Waals surface area contributed by atoms with Crippen molar-refractivity contribution in [3.63, 3.8) is 0 Å². The van der Waals surface area contributed by atoms with Crippen molar-refractivity contribution in [2.24, 2.45) is 0 Å². The third-order valence-electron chi connectivity index (χ3n) is 4.42. The number of aromatic carboxylic acids is 1. The van der Waals surface area contributed by atoms with Gasteiger partial charge in [0.05, 0.1) is 18.0 Å². The highest BCUT2D eigenvalue weighted by molar-refractivity contribution is 5.88. The minimum Gasteiger partial charge on any atom is -0.478 e. The molecule has 2 N–H and O–H groups in total. The zero-order chi connectivity index (χ0) is 16.4. The Kier molecular flexibility index (Phi) is 4.15. The Morgan fingerprint density at radius 3 is 2.74 bits per heavy atom. The molecule has 4 nitrogen and oxygen atoms in total. The van der Waals surface area contributed by atoms with Crippen molar-refractivity contribution in [1.82, 2.24) is 5.32 Å². The van der Waals surface area contributed by atoms with Crippen LogP contribution in [-0.4, -0.2) is 17.0 Å². The number of aryl methyl sites for hydroxylation is 2. The summed E-state index contributed by atoms with van der Waals surface area (Å²) in [6.07, 6.45) is 2.03. The average Bonchev–Trinajstić information content (AvgIpc) is 2.92. The molecule has 0 spiro atoms. The molecule has 2 aromatic carbocycles. The summed E-state index contributed by atoms with van der Waals surface area (Å²) in [5, 5.41) is 12.2. The smallest absolute Gasteiger partial charge is 0.335 e. The highest BCUT2D eigenvalue weighted by atomic mass is 16.4. The summed E-state index contributed by atoms with van der Waals surface area (Å²) in [6, 6.07) is 12.9. The maximum Gasteiger partial charge on any atom is 0.335 e. The third-order valence-corrected chi connectivity index (χ3v) is 4.42. The summed E-state index contributed by atoms with van der Waals surface area (Å²) in [6.45, 7) is 1.99. The lowest BCUT2D eigenvalue weighted by atomic mass is 10.0. The van der Waals surface area contributed by atoms with Gasteiger partial charge in [-0.25, -0.2) is 4.79 Å². The number of nitrogens with one attached hydrogen (secondary N) is 1. The van der Waals surface area contributed by atoms with Gasteiger partial charge in [-0.15, -0.1) is 0 Å². The normalized spacial score (nSPS) is 16.0. The first kappa shape index (κ1) is 15.3. The third kappa shape index (κ3) is 3.26. The SMILES string of the molecule is Cc1ccccc1CC(=O)N[C@@H]1CCc2ccc(C(=O)O)cc21. The van der Waals surface area contributed by atoms with E-state index in [0.29, 0.717) is 6.42 Å². The zero-order valence-corrected chi connectivity index (χ0v) is 13.0. The van der Waals surface area contributed by atoms with Crippen molar-refractivity contribution >= 4 is 11.9 Å². The summed E-state index contributed by atoms with van der Waals surface area (Å²) in [5.41, 5.74) is 4.44. The average molecular weight is 309 g/mol. The molecule has 0 bridgehead atoms. The highest BCUT2D eigenvalue weighted by Crippen LogP contribution is 2.32. The highest BCUT2D eigenvalue weighted by Gasteiger charge is 2.25. The number of fused-ring (bicyclic) bond motifs is 1. The van der Waals surface area contributed by atoms with E-state index in [-0.39, 0.29) is 17.5 Å². The predicted octanol–water partition coefficient (Wildman–Crippen LogP) is 3.04. The summed E-state index contributed by atoms with van der Waals surface area (Å²) in [5.74, 6) is -0.970. The fourth-order valence-electron chi connectivity index (χ4n) is 3.11. The van der Waals surface area contributed by atoms with Crippen LogP contribution >= 0.6 is 0 Å². The number of rotatable bonds is 4. The molecule has 1 atom stereocenters. The Bertz CT molecular complexity index is 767. The molecule has 0 unspecified atom stereocenters. The van der Waals surface area contributed by atoms with Gasteiger partial charge in [0, 0.05) is 0 Å². The molecule has 1 aliphatic carbocycles. The first-order valence-corrected chi connectivity index (χ1v) is 7.74. The second kappa shape index (κ2) is 6.24. The molecular formula is C19H19NO3. The number of hydrogen-bond donors (Lipinski definition) is 2. The molecular weight excluding hydrogens is 290 g/mol. The molecule has 0 aliphatic heterocycles. The molecule has 0 saturated carbocycles. The summed E-state index contributed by atoms with van der Waals surface area (Å²) >= 11 is 0. The van der Waals surface area contributed by atoms with Gasteiger partial charge in [0.1, 0.15) is 0 Å². The molecule has 2 aromatic rings. The molecule has 0 radical (unpaired) electrons. The second-order valence-electron chi connectivity index (χ2n) is 5.98.